The molecule has 0 radical (unpaired) electrons. The zero-order valence-corrected chi connectivity index (χ0v) is 9.19. The highest BCUT2D eigenvalue weighted by Crippen LogP contribution is 2.23. The van der Waals surface area contributed by atoms with E-state index < -0.39 is 0 Å². The number of carbonyl (C=O) groups is 1. The third-order valence-electron chi connectivity index (χ3n) is 2.81. The van der Waals surface area contributed by atoms with Crippen LogP contribution in [0.25, 0.3) is 0 Å². The standard InChI is InChI=1S/C11H16N2O2/c1-9(14)11-10(3-8-15-11)13-6-4-12(2)5-7-13/h3,8H,4-7H2,1-2H3. The molecule has 0 amide bonds. The number of hydrogen-bond donors (Lipinski definition) is 0. The van der Waals surface area contributed by atoms with Crippen molar-refractivity contribution < 1.29 is 9.21 Å². The second kappa shape index (κ2) is 4.06. The Hall–Kier alpha value is -1.29. The summed E-state index contributed by atoms with van der Waals surface area (Å²) in [6.45, 7) is 5.51. The van der Waals surface area contributed by atoms with Crippen molar-refractivity contribution >= 4 is 11.5 Å². The van der Waals surface area contributed by atoms with Gasteiger partial charge in [0, 0.05) is 39.2 Å². The first kappa shape index (κ1) is 10.2. The van der Waals surface area contributed by atoms with Crippen molar-refractivity contribution in [1.82, 2.24) is 4.90 Å². The minimum Gasteiger partial charge on any atom is -0.459 e. The smallest absolute Gasteiger partial charge is 0.197 e. The Bertz CT molecular complexity index is 351. The van der Waals surface area contributed by atoms with E-state index in [1.54, 1.807) is 13.2 Å². The summed E-state index contributed by atoms with van der Waals surface area (Å²) in [5.74, 6) is 0.480. The number of ketones is 1. The monoisotopic (exact) mass is 208 g/mol. The van der Waals surface area contributed by atoms with Crippen LogP contribution in [0.5, 0.6) is 0 Å². The molecule has 2 rings (SSSR count). The fourth-order valence-electron chi connectivity index (χ4n) is 1.86. The average Bonchev–Trinajstić information content (AvgIpc) is 2.67. The lowest BCUT2D eigenvalue weighted by molar-refractivity contribution is 0.0987. The predicted molar refractivity (Wildman–Crippen MR) is 58.4 cm³/mol. The topological polar surface area (TPSA) is 36.7 Å². The summed E-state index contributed by atoms with van der Waals surface area (Å²) in [6.07, 6.45) is 1.59. The van der Waals surface area contributed by atoms with Crippen LogP contribution in [-0.4, -0.2) is 43.9 Å². The molecule has 0 atom stereocenters. The largest absolute Gasteiger partial charge is 0.459 e. The molecule has 1 aromatic rings. The highest BCUT2D eigenvalue weighted by Gasteiger charge is 2.20. The molecule has 1 aliphatic heterocycles. The summed E-state index contributed by atoms with van der Waals surface area (Å²) < 4.78 is 5.20. The number of piperazine rings is 1. The van der Waals surface area contributed by atoms with E-state index in [0.29, 0.717) is 5.76 Å². The third kappa shape index (κ3) is 2.04. The van der Waals surface area contributed by atoms with Gasteiger partial charge in [0.25, 0.3) is 0 Å². The van der Waals surface area contributed by atoms with Gasteiger partial charge >= 0.3 is 0 Å². The van der Waals surface area contributed by atoms with Gasteiger partial charge in [0.2, 0.25) is 0 Å². The number of likely N-dealkylation sites (N-methyl/N-ethyl adjacent to an activating group) is 1. The van der Waals surface area contributed by atoms with Crippen molar-refractivity contribution in [2.24, 2.45) is 0 Å². The summed E-state index contributed by atoms with van der Waals surface area (Å²) >= 11 is 0. The molecule has 0 aromatic carbocycles. The van der Waals surface area contributed by atoms with Crippen LogP contribution in [0.2, 0.25) is 0 Å². The molecule has 0 N–H and O–H groups in total. The van der Waals surface area contributed by atoms with E-state index in [4.69, 9.17) is 4.42 Å². The molecule has 4 heteroatoms. The average molecular weight is 208 g/mol. The molecule has 82 valence electrons. The van der Waals surface area contributed by atoms with E-state index in [1.807, 2.05) is 6.07 Å². The number of nitrogens with zero attached hydrogens (tertiary/aromatic N) is 2. The number of Topliss-reactive ketones (excluding diaryl/α,β-unsaturated/α-hetero) is 1. The molecule has 0 bridgehead atoms. The maximum absolute atomic E-state index is 11.3. The van der Waals surface area contributed by atoms with E-state index in [0.717, 1.165) is 31.9 Å². The SMILES string of the molecule is CC(=O)c1occc1N1CCN(C)CC1. The molecule has 0 unspecified atom stereocenters. The number of furan rings is 1. The van der Waals surface area contributed by atoms with Crippen LogP contribution >= 0.6 is 0 Å². The predicted octanol–water partition coefficient (Wildman–Crippen LogP) is 1.23. The first-order chi connectivity index (χ1) is 7.18. The molecule has 0 saturated carbocycles. The Labute approximate surface area is 89.5 Å². The minimum atomic E-state index is -0.00562. The van der Waals surface area contributed by atoms with Crippen LogP contribution in [-0.2, 0) is 0 Å². The molecule has 0 aliphatic carbocycles. The van der Waals surface area contributed by atoms with Crippen LogP contribution in [0.1, 0.15) is 17.5 Å². The minimum absolute atomic E-state index is 0.00562. The second-order valence-corrected chi connectivity index (χ2v) is 3.98. The van der Waals surface area contributed by atoms with E-state index in [-0.39, 0.29) is 5.78 Å². The Kier molecular flexibility index (Phi) is 2.77. The molecule has 1 saturated heterocycles. The van der Waals surface area contributed by atoms with E-state index in [2.05, 4.69) is 16.8 Å². The van der Waals surface area contributed by atoms with Gasteiger partial charge in [0.1, 0.15) is 0 Å². The fraction of sp³-hybridized carbons (Fsp3) is 0.545. The van der Waals surface area contributed by atoms with E-state index >= 15 is 0 Å². The van der Waals surface area contributed by atoms with Gasteiger partial charge in [-0.1, -0.05) is 0 Å². The zero-order chi connectivity index (χ0) is 10.8. The van der Waals surface area contributed by atoms with Crippen molar-refractivity contribution in [3.05, 3.63) is 18.1 Å². The van der Waals surface area contributed by atoms with Crippen LogP contribution in [0.4, 0.5) is 5.69 Å². The van der Waals surface area contributed by atoms with Crippen molar-refractivity contribution in [3.63, 3.8) is 0 Å². The van der Waals surface area contributed by atoms with Crippen molar-refractivity contribution in [3.8, 4) is 0 Å². The fourth-order valence-corrected chi connectivity index (χ4v) is 1.86. The Morgan fingerprint density at radius 3 is 2.60 bits per heavy atom. The highest BCUT2D eigenvalue weighted by atomic mass is 16.3. The lowest BCUT2D eigenvalue weighted by atomic mass is 10.2. The third-order valence-corrected chi connectivity index (χ3v) is 2.81. The molecule has 1 aliphatic rings. The van der Waals surface area contributed by atoms with Crippen LogP contribution in [0, 0.1) is 0 Å². The molecule has 2 heterocycles. The lowest BCUT2D eigenvalue weighted by Gasteiger charge is -2.33. The summed E-state index contributed by atoms with van der Waals surface area (Å²) in [6, 6.07) is 1.88. The van der Waals surface area contributed by atoms with Gasteiger partial charge in [-0.25, -0.2) is 0 Å². The van der Waals surface area contributed by atoms with Gasteiger partial charge in [-0.3, -0.25) is 4.79 Å². The second-order valence-electron chi connectivity index (χ2n) is 3.98. The first-order valence-corrected chi connectivity index (χ1v) is 5.20. The first-order valence-electron chi connectivity index (χ1n) is 5.20. The molecule has 4 nitrogen and oxygen atoms in total. The maximum Gasteiger partial charge on any atom is 0.197 e. The summed E-state index contributed by atoms with van der Waals surface area (Å²) in [5.41, 5.74) is 0.940. The van der Waals surface area contributed by atoms with Crippen LogP contribution in [0.15, 0.2) is 16.7 Å². The van der Waals surface area contributed by atoms with Crippen LogP contribution < -0.4 is 4.90 Å². The van der Waals surface area contributed by atoms with Crippen molar-refractivity contribution in [2.45, 2.75) is 6.92 Å². The lowest BCUT2D eigenvalue weighted by Crippen LogP contribution is -2.44. The van der Waals surface area contributed by atoms with Gasteiger partial charge in [0.15, 0.2) is 11.5 Å². The Morgan fingerprint density at radius 1 is 1.33 bits per heavy atom. The summed E-state index contributed by atoms with van der Waals surface area (Å²) in [5, 5.41) is 0. The van der Waals surface area contributed by atoms with Gasteiger partial charge in [-0.2, -0.15) is 0 Å². The van der Waals surface area contributed by atoms with E-state index in [1.165, 1.54) is 0 Å². The Balaban J connectivity index is 2.15. The molecular formula is C11H16N2O2. The number of rotatable bonds is 2. The van der Waals surface area contributed by atoms with E-state index in [9.17, 15) is 4.79 Å². The number of hydrogen-bond acceptors (Lipinski definition) is 4. The highest BCUT2D eigenvalue weighted by molar-refractivity contribution is 5.96. The van der Waals surface area contributed by atoms with Crippen LogP contribution in [0.3, 0.4) is 0 Å². The normalized spacial score (nSPS) is 18.1. The number of carbonyl (C=O) groups excluding carboxylic acids is 1. The zero-order valence-electron chi connectivity index (χ0n) is 9.19. The number of anilines is 1. The quantitative estimate of drug-likeness (QED) is 0.685. The molecule has 1 fully saturated rings. The summed E-state index contributed by atoms with van der Waals surface area (Å²) in [7, 11) is 2.11. The van der Waals surface area contributed by atoms with Gasteiger partial charge < -0.3 is 14.2 Å². The summed E-state index contributed by atoms with van der Waals surface area (Å²) in [4.78, 5) is 15.8. The van der Waals surface area contributed by atoms with Gasteiger partial charge in [0.05, 0.1) is 12.0 Å². The van der Waals surface area contributed by atoms with Gasteiger partial charge in [-0.15, -0.1) is 0 Å². The van der Waals surface area contributed by atoms with Crippen molar-refractivity contribution in [1.29, 1.82) is 0 Å². The van der Waals surface area contributed by atoms with Crippen molar-refractivity contribution in [2.75, 3.05) is 38.1 Å². The maximum atomic E-state index is 11.3. The molecular weight excluding hydrogens is 192 g/mol. The van der Waals surface area contributed by atoms with Gasteiger partial charge in [-0.05, 0) is 7.05 Å². The Morgan fingerprint density at radius 2 is 2.00 bits per heavy atom. The molecule has 15 heavy (non-hydrogen) atoms. The molecule has 0 spiro atoms. The molecule has 1 aromatic heterocycles.